The van der Waals surface area contributed by atoms with Crippen LogP contribution in [0, 0.1) is 11.3 Å². The lowest BCUT2D eigenvalue weighted by molar-refractivity contribution is -0.137. The second kappa shape index (κ2) is 10.8. The third-order valence-electron chi connectivity index (χ3n) is 8.36. The zero-order valence-electron chi connectivity index (χ0n) is 22.4. The van der Waals surface area contributed by atoms with Crippen molar-refractivity contribution in [2.45, 2.75) is 55.8 Å². The number of nitrogens with one attached hydrogen (secondary N) is 1. The second-order valence-corrected chi connectivity index (χ2v) is 10.6. The fourth-order valence-corrected chi connectivity index (χ4v) is 6.53. The van der Waals surface area contributed by atoms with E-state index in [1.165, 1.54) is 11.0 Å². The molecule has 1 saturated heterocycles. The summed E-state index contributed by atoms with van der Waals surface area (Å²) < 4.78 is 51.0. The number of ether oxygens (including phenoxy) is 2. The van der Waals surface area contributed by atoms with Crippen molar-refractivity contribution in [3.63, 3.8) is 0 Å². The van der Waals surface area contributed by atoms with Crippen LogP contribution < -0.4 is 14.8 Å². The second-order valence-electron chi connectivity index (χ2n) is 10.2. The van der Waals surface area contributed by atoms with Gasteiger partial charge in [0.2, 0.25) is 0 Å². The average molecular weight is 565 g/mol. The van der Waals surface area contributed by atoms with Gasteiger partial charge in [0.25, 0.3) is 0 Å². The van der Waals surface area contributed by atoms with Crippen molar-refractivity contribution in [3.05, 3.63) is 52.5 Å². The number of urea groups is 1. The first-order valence-corrected chi connectivity index (χ1v) is 13.1. The predicted molar refractivity (Wildman–Crippen MR) is 142 cm³/mol. The SMILES string of the molecule is CCN(C(=O)Nc1ccc(Cl)c(C(F)(F)F)c1)C1(C#N)CCC2(c3ccc(OC)c(OC)c3)CCN(C)C2C1. The number of anilines is 1. The molecule has 4 rings (SSSR count). The Hall–Kier alpha value is -3.16. The fourth-order valence-electron chi connectivity index (χ4n) is 6.30. The summed E-state index contributed by atoms with van der Waals surface area (Å²) in [6.45, 7) is 2.79. The van der Waals surface area contributed by atoms with Crippen LogP contribution in [0.4, 0.5) is 23.7 Å². The van der Waals surface area contributed by atoms with Gasteiger partial charge in [0.05, 0.1) is 30.9 Å². The number of halogens is 4. The van der Waals surface area contributed by atoms with Gasteiger partial charge in [0.1, 0.15) is 5.54 Å². The van der Waals surface area contributed by atoms with Gasteiger partial charge in [-0.15, -0.1) is 0 Å². The lowest BCUT2D eigenvalue weighted by Gasteiger charge is -2.51. The molecule has 1 heterocycles. The number of benzene rings is 2. The zero-order valence-corrected chi connectivity index (χ0v) is 23.1. The molecular weight excluding hydrogens is 533 g/mol. The molecule has 39 heavy (non-hydrogen) atoms. The minimum Gasteiger partial charge on any atom is -0.493 e. The van der Waals surface area contributed by atoms with E-state index in [0.717, 1.165) is 30.7 Å². The highest BCUT2D eigenvalue weighted by atomic mass is 35.5. The first-order chi connectivity index (χ1) is 18.4. The molecule has 1 N–H and O–H groups in total. The molecule has 210 valence electrons. The quantitative estimate of drug-likeness (QED) is 0.444. The highest BCUT2D eigenvalue weighted by Crippen LogP contribution is 2.53. The number of alkyl halides is 3. The molecule has 1 saturated carbocycles. The standard InChI is InChI=1S/C28H32ClF3N4O3/c1-5-36(25(37)34-19-7-8-21(29)20(15-19)28(30,31)32)26(17-33)10-11-27(12-13-35(2)24(27)16-26)18-6-9-22(38-3)23(14-18)39-4/h6-9,14-15,24H,5,10-13,16H2,1-4H3,(H,34,37). The first kappa shape index (κ1) is 28.8. The van der Waals surface area contributed by atoms with E-state index in [1.54, 1.807) is 21.1 Å². The van der Waals surface area contributed by atoms with Crippen LogP contribution in [0.15, 0.2) is 36.4 Å². The van der Waals surface area contributed by atoms with Crippen molar-refractivity contribution in [2.24, 2.45) is 0 Å². The Bertz CT molecular complexity index is 1280. The number of carbonyl (C=O) groups is 1. The molecule has 2 fully saturated rings. The maximum absolute atomic E-state index is 13.4. The number of hydrogen-bond acceptors (Lipinski definition) is 5. The third-order valence-corrected chi connectivity index (χ3v) is 8.69. The maximum Gasteiger partial charge on any atom is 0.417 e. The number of carbonyl (C=O) groups excluding carboxylic acids is 1. The van der Waals surface area contributed by atoms with Gasteiger partial charge in [-0.05, 0) is 75.7 Å². The highest BCUT2D eigenvalue weighted by Gasteiger charge is 2.57. The van der Waals surface area contributed by atoms with E-state index in [2.05, 4.69) is 16.3 Å². The van der Waals surface area contributed by atoms with E-state index in [4.69, 9.17) is 21.1 Å². The Morgan fingerprint density at radius 2 is 1.90 bits per heavy atom. The number of nitriles is 1. The van der Waals surface area contributed by atoms with E-state index in [9.17, 15) is 23.2 Å². The van der Waals surface area contributed by atoms with Crippen molar-refractivity contribution < 1.29 is 27.4 Å². The molecule has 2 aromatic carbocycles. The summed E-state index contributed by atoms with van der Waals surface area (Å²) in [7, 11) is 5.20. The Morgan fingerprint density at radius 3 is 2.51 bits per heavy atom. The summed E-state index contributed by atoms with van der Waals surface area (Å²) in [4.78, 5) is 17.1. The van der Waals surface area contributed by atoms with Crippen LogP contribution in [0.3, 0.4) is 0 Å². The summed E-state index contributed by atoms with van der Waals surface area (Å²) in [6, 6.07) is 10.9. The molecule has 1 aliphatic heterocycles. The summed E-state index contributed by atoms with van der Waals surface area (Å²) >= 11 is 5.73. The van der Waals surface area contributed by atoms with Gasteiger partial charge in [-0.25, -0.2) is 4.79 Å². The summed E-state index contributed by atoms with van der Waals surface area (Å²) in [5.41, 5.74) is -1.37. The number of methoxy groups -OCH3 is 2. The van der Waals surface area contributed by atoms with Crippen molar-refractivity contribution in [2.75, 3.05) is 39.7 Å². The molecule has 2 aliphatic rings. The highest BCUT2D eigenvalue weighted by molar-refractivity contribution is 6.31. The molecule has 1 aliphatic carbocycles. The number of rotatable bonds is 6. The van der Waals surface area contributed by atoms with Crippen molar-refractivity contribution in [1.82, 2.24) is 9.80 Å². The lowest BCUT2D eigenvalue weighted by Crippen LogP contribution is -2.60. The molecule has 7 nitrogen and oxygen atoms in total. The van der Waals surface area contributed by atoms with Crippen LogP contribution in [-0.2, 0) is 11.6 Å². The van der Waals surface area contributed by atoms with Crippen LogP contribution in [-0.4, -0.2) is 61.8 Å². The number of hydrogen-bond donors (Lipinski definition) is 1. The Kier molecular flexibility index (Phi) is 7.97. The largest absolute Gasteiger partial charge is 0.493 e. The van der Waals surface area contributed by atoms with Gasteiger partial charge >= 0.3 is 12.2 Å². The van der Waals surface area contributed by atoms with Crippen LogP contribution in [0.1, 0.15) is 43.7 Å². The van der Waals surface area contributed by atoms with Crippen LogP contribution >= 0.6 is 11.6 Å². The minimum absolute atomic E-state index is 0.0433. The molecule has 0 radical (unpaired) electrons. The first-order valence-electron chi connectivity index (χ1n) is 12.7. The summed E-state index contributed by atoms with van der Waals surface area (Å²) in [5, 5.41) is 12.6. The fraction of sp³-hybridized carbons (Fsp3) is 0.500. The van der Waals surface area contributed by atoms with Gasteiger partial charge in [-0.3, -0.25) is 0 Å². The normalized spacial score (nSPS) is 24.9. The van der Waals surface area contributed by atoms with E-state index < -0.39 is 28.3 Å². The van der Waals surface area contributed by atoms with Crippen LogP contribution in [0.25, 0.3) is 0 Å². The van der Waals surface area contributed by atoms with Crippen molar-refractivity contribution in [3.8, 4) is 17.6 Å². The van der Waals surface area contributed by atoms with Crippen molar-refractivity contribution >= 4 is 23.3 Å². The topological polar surface area (TPSA) is 77.8 Å². The van der Waals surface area contributed by atoms with Crippen LogP contribution in [0.5, 0.6) is 11.5 Å². The van der Waals surface area contributed by atoms with E-state index in [1.807, 2.05) is 25.2 Å². The number of nitrogens with zero attached hydrogens (tertiary/aromatic N) is 3. The third kappa shape index (κ3) is 5.10. The molecule has 0 spiro atoms. The smallest absolute Gasteiger partial charge is 0.417 e. The van der Waals surface area contributed by atoms with Gasteiger partial charge in [0.15, 0.2) is 11.5 Å². The number of amides is 2. The number of likely N-dealkylation sites (N-methyl/N-ethyl adjacent to an activating group) is 1. The summed E-state index contributed by atoms with van der Waals surface area (Å²) in [5.74, 6) is 1.26. The molecular formula is C28H32ClF3N4O3. The van der Waals surface area contributed by atoms with Gasteiger partial charge < -0.3 is 24.6 Å². The van der Waals surface area contributed by atoms with Crippen LogP contribution in [0.2, 0.25) is 5.02 Å². The Labute approximate surface area is 231 Å². The average Bonchev–Trinajstić information content (AvgIpc) is 3.25. The molecule has 0 bridgehead atoms. The molecule has 3 unspecified atom stereocenters. The molecule has 3 atom stereocenters. The molecule has 11 heteroatoms. The van der Waals surface area contributed by atoms with Gasteiger partial charge in [-0.2, -0.15) is 18.4 Å². The van der Waals surface area contributed by atoms with E-state index in [0.29, 0.717) is 30.8 Å². The molecule has 2 amide bonds. The Morgan fingerprint density at radius 1 is 1.18 bits per heavy atom. The summed E-state index contributed by atoms with van der Waals surface area (Å²) in [6.07, 6.45) is -2.33. The molecule has 0 aromatic heterocycles. The van der Waals surface area contributed by atoms with Crippen molar-refractivity contribution in [1.29, 1.82) is 5.26 Å². The monoisotopic (exact) mass is 564 g/mol. The molecule has 2 aromatic rings. The number of likely N-dealkylation sites (tertiary alicyclic amines) is 1. The van der Waals surface area contributed by atoms with Gasteiger partial charge in [-0.1, -0.05) is 17.7 Å². The van der Waals surface area contributed by atoms with E-state index in [-0.39, 0.29) is 23.7 Å². The van der Waals surface area contributed by atoms with E-state index >= 15 is 0 Å². The maximum atomic E-state index is 13.4. The Balaban J connectivity index is 1.64. The zero-order chi connectivity index (χ0) is 28.6. The van der Waals surface area contributed by atoms with Gasteiger partial charge in [0, 0.05) is 30.1 Å². The lowest BCUT2D eigenvalue weighted by atomic mass is 9.61. The number of fused-ring (bicyclic) bond motifs is 1. The predicted octanol–water partition coefficient (Wildman–Crippen LogP) is 6.32. The minimum atomic E-state index is -4.67.